The average Bonchev–Trinajstić information content (AvgIpc) is 2.77. The standard InChI is InChI=1S/C15H20ClN3/c1-11(2)7-17-9-13-14(16)5-4-6-15(13)19-10-12(3)8-18-19/h4-6,8,10-11,17H,7,9H2,1-3H3. The van der Waals surface area contributed by atoms with Crippen molar-refractivity contribution in [3.05, 3.63) is 46.7 Å². The van der Waals surface area contributed by atoms with Gasteiger partial charge in [0.15, 0.2) is 0 Å². The van der Waals surface area contributed by atoms with Crippen molar-refractivity contribution in [1.29, 1.82) is 0 Å². The van der Waals surface area contributed by atoms with Gasteiger partial charge in [0.25, 0.3) is 0 Å². The van der Waals surface area contributed by atoms with Crippen LogP contribution in [0.5, 0.6) is 0 Å². The number of nitrogens with zero attached hydrogens (tertiary/aromatic N) is 2. The lowest BCUT2D eigenvalue weighted by molar-refractivity contribution is 0.551. The van der Waals surface area contributed by atoms with E-state index in [9.17, 15) is 0 Å². The van der Waals surface area contributed by atoms with Crippen LogP contribution in [0, 0.1) is 12.8 Å². The molecule has 2 rings (SSSR count). The zero-order valence-electron chi connectivity index (χ0n) is 11.7. The molecule has 0 saturated heterocycles. The molecular weight excluding hydrogens is 258 g/mol. The number of halogens is 1. The molecule has 3 nitrogen and oxygen atoms in total. The molecule has 0 saturated carbocycles. The second-order valence-electron chi connectivity index (χ2n) is 5.22. The molecule has 0 aliphatic rings. The number of hydrogen-bond acceptors (Lipinski definition) is 2. The van der Waals surface area contributed by atoms with Crippen molar-refractivity contribution in [1.82, 2.24) is 15.1 Å². The van der Waals surface area contributed by atoms with E-state index in [1.165, 1.54) is 0 Å². The fourth-order valence-electron chi connectivity index (χ4n) is 1.97. The third-order valence-corrected chi connectivity index (χ3v) is 3.26. The lowest BCUT2D eigenvalue weighted by Gasteiger charge is -2.13. The van der Waals surface area contributed by atoms with E-state index in [2.05, 4.69) is 24.3 Å². The summed E-state index contributed by atoms with van der Waals surface area (Å²) < 4.78 is 1.88. The van der Waals surface area contributed by atoms with Crippen LogP contribution in [0.3, 0.4) is 0 Å². The largest absolute Gasteiger partial charge is 0.312 e. The Morgan fingerprint density at radius 3 is 2.79 bits per heavy atom. The summed E-state index contributed by atoms with van der Waals surface area (Å²) in [5.74, 6) is 0.623. The van der Waals surface area contributed by atoms with Crippen LogP contribution in [0.25, 0.3) is 5.69 Å². The molecule has 0 spiro atoms. The first-order valence-corrected chi connectivity index (χ1v) is 6.95. The highest BCUT2D eigenvalue weighted by molar-refractivity contribution is 6.31. The van der Waals surface area contributed by atoms with Gasteiger partial charge in [0.2, 0.25) is 0 Å². The molecule has 1 N–H and O–H groups in total. The van der Waals surface area contributed by atoms with Crippen molar-refractivity contribution in [2.45, 2.75) is 27.3 Å². The predicted octanol–water partition coefficient (Wildman–Crippen LogP) is 3.58. The highest BCUT2D eigenvalue weighted by atomic mass is 35.5. The topological polar surface area (TPSA) is 29.9 Å². The third-order valence-electron chi connectivity index (χ3n) is 2.91. The van der Waals surface area contributed by atoms with Crippen LogP contribution in [0.4, 0.5) is 0 Å². The van der Waals surface area contributed by atoms with E-state index in [1.54, 1.807) is 0 Å². The Morgan fingerprint density at radius 2 is 2.16 bits per heavy atom. The molecule has 0 radical (unpaired) electrons. The van der Waals surface area contributed by atoms with E-state index in [-0.39, 0.29) is 0 Å². The van der Waals surface area contributed by atoms with Crippen LogP contribution in [0.1, 0.15) is 25.0 Å². The number of hydrogen-bond donors (Lipinski definition) is 1. The number of aryl methyl sites for hydroxylation is 1. The Labute approximate surface area is 119 Å². The molecular formula is C15H20ClN3. The highest BCUT2D eigenvalue weighted by Gasteiger charge is 2.09. The summed E-state index contributed by atoms with van der Waals surface area (Å²) >= 11 is 6.32. The molecule has 0 atom stereocenters. The van der Waals surface area contributed by atoms with Gasteiger partial charge < -0.3 is 5.32 Å². The summed E-state index contributed by atoms with van der Waals surface area (Å²) in [5.41, 5.74) is 3.27. The van der Waals surface area contributed by atoms with Crippen LogP contribution in [0.2, 0.25) is 5.02 Å². The molecule has 2 aromatic rings. The van der Waals surface area contributed by atoms with Crippen molar-refractivity contribution in [3.63, 3.8) is 0 Å². The molecule has 19 heavy (non-hydrogen) atoms. The molecule has 0 amide bonds. The molecule has 0 unspecified atom stereocenters. The fraction of sp³-hybridized carbons (Fsp3) is 0.400. The van der Waals surface area contributed by atoms with Crippen molar-refractivity contribution in [2.24, 2.45) is 5.92 Å². The average molecular weight is 278 g/mol. The molecule has 1 aromatic heterocycles. The van der Waals surface area contributed by atoms with Gasteiger partial charge in [-0.05, 0) is 37.1 Å². The molecule has 0 fully saturated rings. The minimum atomic E-state index is 0.623. The Hall–Kier alpha value is -1.32. The summed E-state index contributed by atoms with van der Waals surface area (Å²) in [7, 11) is 0. The maximum absolute atomic E-state index is 6.32. The number of benzene rings is 1. The van der Waals surface area contributed by atoms with E-state index in [0.29, 0.717) is 5.92 Å². The first kappa shape index (κ1) is 14.1. The van der Waals surface area contributed by atoms with E-state index in [1.807, 2.05) is 42.2 Å². The van der Waals surface area contributed by atoms with Crippen LogP contribution in [-0.2, 0) is 6.54 Å². The van der Waals surface area contributed by atoms with Crippen molar-refractivity contribution in [2.75, 3.05) is 6.54 Å². The molecule has 0 aliphatic carbocycles. The Bertz CT molecular complexity index is 546. The van der Waals surface area contributed by atoms with Gasteiger partial charge in [0.05, 0.1) is 11.9 Å². The number of rotatable bonds is 5. The van der Waals surface area contributed by atoms with Crippen molar-refractivity contribution < 1.29 is 0 Å². The van der Waals surface area contributed by atoms with Gasteiger partial charge in [0, 0.05) is 23.3 Å². The molecule has 102 valence electrons. The summed E-state index contributed by atoms with van der Waals surface area (Å²) in [5, 5.41) is 8.57. The minimum Gasteiger partial charge on any atom is -0.312 e. The van der Waals surface area contributed by atoms with Gasteiger partial charge in [0.1, 0.15) is 0 Å². The lowest BCUT2D eigenvalue weighted by Crippen LogP contribution is -2.20. The zero-order valence-corrected chi connectivity index (χ0v) is 12.4. The van der Waals surface area contributed by atoms with Gasteiger partial charge in [-0.25, -0.2) is 4.68 Å². The Kier molecular flexibility index (Phi) is 4.61. The molecule has 1 aromatic carbocycles. The molecule has 1 heterocycles. The first-order chi connectivity index (χ1) is 9.08. The zero-order chi connectivity index (χ0) is 13.8. The summed E-state index contributed by atoms with van der Waals surface area (Å²) in [4.78, 5) is 0. The van der Waals surface area contributed by atoms with Gasteiger partial charge in [-0.2, -0.15) is 5.10 Å². The van der Waals surface area contributed by atoms with Gasteiger partial charge >= 0.3 is 0 Å². The third kappa shape index (κ3) is 3.58. The van der Waals surface area contributed by atoms with Crippen LogP contribution in [-0.4, -0.2) is 16.3 Å². The van der Waals surface area contributed by atoms with Gasteiger partial charge in [-0.3, -0.25) is 0 Å². The van der Waals surface area contributed by atoms with Crippen LogP contribution in [0.15, 0.2) is 30.6 Å². The monoisotopic (exact) mass is 277 g/mol. The second kappa shape index (κ2) is 6.22. The maximum atomic E-state index is 6.32. The summed E-state index contributed by atoms with van der Waals surface area (Å²) in [6.45, 7) is 8.15. The Balaban J connectivity index is 2.26. The normalized spacial score (nSPS) is 11.2. The van der Waals surface area contributed by atoms with E-state index >= 15 is 0 Å². The summed E-state index contributed by atoms with van der Waals surface area (Å²) in [6, 6.07) is 5.93. The first-order valence-electron chi connectivity index (χ1n) is 6.57. The minimum absolute atomic E-state index is 0.623. The second-order valence-corrected chi connectivity index (χ2v) is 5.63. The van der Waals surface area contributed by atoms with Crippen molar-refractivity contribution >= 4 is 11.6 Å². The van der Waals surface area contributed by atoms with E-state index in [0.717, 1.165) is 34.9 Å². The molecule has 4 heteroatoms. The van der Waals surface area contributed by atoms with E-state index < -0.39 is 0 Å². The van der Waals surface area contributed by atoms with Crippen LogP contribution < -0.4 is 5.32 Å². The van der Waals surface area contributed by atoms with Gasteiger partial charge in [-0.15, -0.1) is 0 Å². The fourth-order valence-corrected chi connectivity index (χ4v) is 2.20. The Morgan fingerprint density at radius 1 is 1.37 bits per heavy atom. The highest BCUT2D eigenvalue weighted by Crippen LogP contribution is 2.23. The van der Waals surface area contributed by atoms with Gasteiger partial charge in [-0.1, -0.05) is 31.5 Å². The lowest BCUT2D eigenvalue weighted by atomic mass is 10.1. The SMILES string of the molecule is Cc1cnn(-c2cccc(Cl)c2CNCC(C)C)c1. The molecule has 0 aliphatic heterocycles. The van der Waals surface area contributed by atoms with Crippen LogP contribution >= 0.6 is 11.6 Å². The van der Waals surface area contributed by atoms with E-state index in [4.69, 9.17) is 11.6 Å². The quantitative estimate of drug-likeness (QED) is 0.905. The van der Waals surface area contributed by atoms with Crippen molar-refractivity contribution in [3.8, 4) is 5.69 Å². The number of aromatic nitrogens is 2. The maximum Gasteiger partial charge on any atom is 0.0705 e. The number of nitrogens with one attached hydrogen (secondary N) is 1. The summed E-state index contributed by atoms with van der Waals surface area (Å²) in [6.07, 6.45) is 3.86. The molecule has 0 bridgehead atoms. The smallest absolute Gasteiger partial charge is 0.0705 e. The predicted molar refractivity (Wildman–Crippen MR) is 79.9 cm³/mol.